The van der Waals surface area contributed by atoms with Crippen molar-refractivity contribution in [2.75, 3.05) is 6.26 Å². The van der Waals surface area contributed by atoms with E-state index in [-0.39, 0.29) is 5.56 Å². The molecular formula is C11H10N2O2S. The van der Waals surface area contributed by atoms with E-state index in [1.54, 1.807) is 23.9 Å². The third kappa shape index (κ3) is 1.94. The summed E-state index contributed by atoms with van der Waals surface area (Å²) in [6.07, 6.45) is 3.31. The zero-order valence-corrected chi connectivity index (χ0v) is 9.45. The summed E-state index contributed by atoms with van der Waals surface area (Å²) in [4.78, 5) is 26.6. The van der Waals surface area contributed by atoms with Gasteiger partial charge in [0.05, 0.1) is 5.69 Å². The van der Waals surface area contributed by atoms with Gasteiger partial charge in [0.1, 0.15) is 0 Å². The number of aromatic nitrogens is 2. The molecule has 0 saturated carbocycles. The fourth-order valence-electron chi connectivity index (χ4n) is 1.40. The number of aromatic amines is 1. The predicted octanol–water partition coefficient (Wildman–Crippen LogP) is 1.25. The highest BCUT2D eigenvalue weighted by molar-refractivity contribution is 7.98. The molecule has 0 unspecified atom stereocenters. The lowest BCUT2D eigenvalue weighted by molar-refractivity contribution is 0.874. The van der Waals surface area contributed by atoms with Crippen LogP contribution in [-0.4, -0.2) is 15.8 Å². The molecular weight excluding hydrogens is 224 g/mol. The minimum absolute atomic E-state index is 0.333. The number of hydrogen-bond donors (Lipinski definition) is 1. The third-order valence-electron chi connectivity index (χ3n) is 2.19. The molecule has 0 amide bonds. The number of rotatable bonds is 2. The summed E-state index contributed by atoms with van der Waals surface area (Å²) in [5, 5.41) is 0. The Morgan fingerprint density at radius 2 is 1.81 bits per heavy atom. The molecule has 2 rings (SSSR count). The molecule has 1 aromatic carbocycles. The van der Waals surface area contributed by atoms with E-state index >= 15 is 0 Å². The maximum atomic E-state index is 11.5. The van der Waals surface area contributed by atoms with E-state index in [4.69, 9.17) is 0 Å². The van der Waals surface area contributed by atoms with E-state index in [1.165, 1.54) is 12.3 Å². The molecule has 0 aliphatic heterocycles. The fourth-order valence-corrected chi connectivity index (χ4v) is 1.81. The summed E-state index contributed by atoms with van der Waals surface area (Å²) >= 11 is 1.61. The molecule has 1 heterocycles. The molecule has 0 aliphatic rings. The maximum Gasteiger partial charge on any atom is 0.332 e. The number of nitrogens with one attached hydrogen (secondary N) is 1. The molecule has 1 N–H and O–H groups in total. The monoisotopic (exact) mass is 234 g/mol. The summed E-state index contributed by atoms with van der Waals surface area (Å²) < 4.78 is 1.10. The summed E-state index contributed by atoms with van der Waals surface area (Å²) in [6.45, 7) is 0. The van der Waals surface area contributed by atoms with Crippen molar-refractivity contribution in [3.63, 3.8) is 0 Å². The molecule has 5 heteroatoms. The standard InChI is InChI=1S/C11H10N2O2S/c1-16-9-4-2-8(3-5-9)13-10(14)6-7-12-11(13)15/h2-7H,1H3,(H,12,15). The molecule has 1 aromatic heterocycles. The summed E-state index contributed by atoms with van der Waals surface area (Å²) in [5.41, 5.74) is -0.185. The summed E-state index contributed by atoms with van der Waals surface area (Å²) in [7, 11) is 0. The fraction of sp³-hybridized carbons (Fsp3) is 0.0909. The normalized spacial score (nSPS) is 10.3. The topological polar surface area (TPSA) is 54.9 Å². The van der Waals surface area contributed by atoms with Gasteiger partial charge in [-0.15, -0.1) is 11.8 Å². The largest absolute Gasteiger partial charge is 0.332 e. The molecule has 0 fully saturated rings. The Labute approximate surface area is 95.9 Å². The highest BCUT2D eigenvalue weighted by atomic mass is 32.2. The van der Waals surface area contributed by atoms with Crippen LogP contribution in [0.3, 0.4) is 0 Å². The molecule has 0 atom stereocenters. The van der Waals surface area contributed by atoms with E-state index in [0.717, 1.165) is 9.46 Å². The molecule has 16 heavy (non-hydrogen) atoms. The van der Waals surface area contributed by atoms with Gasteiger partial charge in [0.15, 0.2) is 0 Å². The number of nitrogens with zero attached hydrogens (tertiary/aromatic N) is 1. The van der Waals surface area contributed by atoms with Crippen LogP contribution in [0.1, 0.15) is 0 Å². The Hall–Kier alpha value is -1.75. The van der Waals surface area contributed by atoms with Gasteiger partial charge in [0.2, 0.25) is 0 Å². The zero-order valence-electron chi connectivity index (χ0n) is 8.64. The van der Waals surface area contributed by atoms with Crippen molar-refractivity contribution in [1.29, 1.82) is 0 Å². The first kappa shape index (κ1) is 10.8. The molecule has 0 spiro atoms. The second-order valence-electron chi connectivity index (χ2n) is 3.15. The van der Waals surface area contributed by atoms with Gasteiger partial charge < -0.3 is 4.98 Å². The van der Waals surface area contributed by atoms with Crippen molar-refractivity contribution in [2.45, 2.75) is 4.90 Å². The van der Waals surface area contributed by atoms with Gasteiger partial charge in [-0.05, 0) is 30.5 Å². The van der Waals surface area contributed by atoms with Crippen molar-refractivity contribution < 1.29 is 0 Å². The number of hydrogen-bond acceptors (Lipinski definition) is 3. The number of H-pyrrole nitrogens is 1. The molecule has 82 valence electrons. The minimum Gasteiger partial charge on any atom is -0.314 e. The Balaban J connectivity index is 2.59. The first-order chi connectivity index (χ1) is 7.72. The van der Waals surface area contributed by atoms with Crippen LogP contribution in [0, 0.1) is 0 Å². The van der Waals surface area contributed by atoms with Crippen LogP contribution in [0.25, 0.3) is 5.69 Å². The highest BCUT2D eigenvalue weighted by Gasteiger charge is 2.02. The van der Waals surface area contributed by atoms with E-state index in [1.807, 2.05) is 18.4 Å². The zero-order chi connectivity index (χ0) is 11.5. The number of benzene rings is 1. The number of thioether (sulfide) groups is 1. The highest BCUT2D eigenvalue weighted by Crippen LogP contribution is 2.15. The van der Waals surface area contributed by atoms with Crippen molar-refractivity contribution in [3.05, 3.63) is 57.4 Å². The van der Waals surface area contributed by atoms with Gasteiger partial charge in [-0.25, -0.2) is 9.36 Å². The second-order valence-corrected chi connectivity index (χ2v) is 4.03. The lowest BCUT2D eigenvalue weighted by Gasteiger charge is -2.03. The van der Waals surface area contributed by atoms with Crippen LogP contribution in [0.2, 0.25) is 0 Å². The van der Waals surface area contributed by atoms with Gasteiger partial charge in [-0.2, -0.15) is 0 Å². The lowest BCUT2D eigenvalue weighted by Crippen LogP contribution is -2.32. The Kier molecular flexibility index (Phi) is 2.96. The third-order valence-corrected chi connectivity index (χ3v) is 2.93. The van der Waals surface area contributed by atoms with E-state index in [2.05, 4.69) is 4.98 Å². The molecule has 0 saturated heterocycles. The van der Waals surface area contributed by atoms with E-state index in [0.29, 0.717) is 5.69 Å². The van der Waals surface area contributed by atoms with Crippen molar-refractivity contribution >= 4 is 11.8 Å². The van der Waals surface area contributed by atoms with Gasteiger partial charge in [-0.1, -0.05) is 0 Å². The van der Waals surface area contributed by atoms with Crippen molar-refractivity contribution in [1.82, 2.24) is 9.55 Å². The Morgan fingerprint density at radius 3 is 2.38 bits per heavy atom. The summed E-state index contributed by atoms with van der Waals surface area (Å²) in [5.74, 6) is 0. The maximum absolute atomic E-state index is 11.5. The first-order valence-electron chi connectivity index (χ1n) is 4.67. The van der Waals surface area contributed by atoms with Crippen LogP contribution >= 0.6 is 11.8 Å². The summed E-state index contributed by atoms with van der Waals surface area (Å²) in [6, 6.07) is 8.58. The van der Waals surface area contributed by atoms with Crippen molar-refractivity contribution in [2.24, 2.45) is 0 Å². The van der Waals surface area contributed by atoms with Crippen LogP contribution < -0.4 is 11.2 Å². The van der Waals surface area contributed by atoms with Crippen LogP contribution in [0.15, 0.2) is 51.0 Å². The van der Waals surface area contributed by atoms with Crippen LogP contribution in [0.4, 0.5) is 0 Å². The van der Waals surface area contributed by atoms with E-state index < -0.39 is 5.69 Å². The van der Waals surface area contributed by atoms with Crippen LogP contribution in [-0.2, 0) is 0 Å². The van der Waals surface area contributed by atoms with Gasteiger partial charge in [0.25, 0.3) is 5.56 Å². The second kappa shape index (κ2) is 4.40. The minimum atomic E-state index is -0.426. The quantitative estimate of drug-likeness (QED) is 0.796. The van der Waals surface area contributed by atoms with Crippen molar-refractivity contribution in [3.8, 4) is 5.69 Å². The molecule has 0 bridgehead atoms. The predicted molar refractivity (Wildman–Crippen MR) is 64.4 cm³/mol. The molecule has 0 aliphatic carbocycles. The molecule has 0 radical (unpaired) electrons. The van der Waals surface area contributed by atoms with Gasteiger partial charge in [0, 0.05) is 17.2 Å². The first-order valence-corrected chi connectivity index (χ1v) is 5.90. The van der Waals surface area contributed by atoms with Gasteiger partial charge in [-0.3, -0.25) is 4.79 Å². The lowest BCUT2D eigenvalue weighted by atomic mass is 10.3. The SMILES string of the molecule is CSc1ccc(-n2c(=O)cc[nH]c2=O)cc1. The average Bonchev–Trinajstić information content (AvgIpc) is 2.30. The van der Waals surface area contributed by atoms with E-state index in [9.17, 15) is 9.59 Å². The smallest absolute Gasteiger partial charge is 0.314 e. The average molecular weight is 234 g/mol. The molecule has 4 nitrogen and oxygen atoms in total. The Bertz CT molecular complexity index is 570. The Morgan fingerprint density at radius 1 is 1.12 bits per heavy atom. The molecule has 2 aromatic rings. The van der Waals surface area contributed by atoms with Gasteiger partial charge >= 0.3 is 5.69 Å². The van der Waals surface area contributed by atoms with Crippen LogP contribution in [0.5, 0.6) is 0 Å².